The molecule has 5 heteroatoms. The fraction of sp³-hybridized carbons (Fsp3) is 0.300. The molecule has 0 bridgehead atoms. The minimum absolute atomic E-state index is 0.0901. The fourth-order valence-electron chi connectivity index (χ4n) is 2.53. The number of rotatable bonds is 7. The first-order valence-corrected chi connectivity index (χ1v) is 9.11. The second kappa shape index (κ2) is 8.39. The Morgan fingerprint density at radius 1 is 1.04 bits per heavy atom. The van der Waals surface area contributed by atoms with Gasteiger partial charge in [0.1, 0.15) is 11.6 Å². The van der Waals surface area contributed by atoms with Crippen LogP contribution in [0.25, 0.3) is 0 Å². The molecule has 0 heterocycles. The lowest BCUT2D eigenvalue weighted by atomic mass is 9.79. The molecule has 1 nitrogen and oxygen atoms in total. The van der Waals surface area contributed by atoms with Crippen LogP contribution in [-0.2, 0) is 16.6 Å². The van der Waals surface area contributed by atoms with Crippen molar-refractivity contribution in [2.45, 2.75) is 38.5 Å². The summed E-state index contributed by atoms with van der Waals surface area (Å²) in [6.07, 6.45) is 1.44. The van der Waals surface area contributed by atoms with Crippen LogP contribution in [-0.4, -0.2) is 10.6 Å². The standard InChI is InChI=1S/C20H19Cl2FOS/c1-20(2,14-5-9-17(21)18(22)12-14)19(24)10-8-16(25)11-13-3-6-15(23)7-4-13/h3-7,9,12H,8,10-11H2,1-2H3. The highest BCUT2D eigenvalue weighted by Gasteiger charge is 2.29. The topological polar surface area (TPSA) is 17.1 Å². The van der Waals surface area contributed by atoms with E-state index in [0.29, 0.717) is 29.3 Å². The first kappa shape index (κ1) is 20.0. The number of carbonyl (C=O) groups excluding carboxylic acids is 1. The highest BCUT2D eigenvalue weighted by Crippen LogP contribution is 2.31. The van der Waals surface area contributed by atoms with Crippen LogP contribution in [0, 0.1) is 5.82 Å². The van der Waals surface area contributed by atoms with Gasteiger partial charge in [0.15, 0.2) is 0 Å². The molecule has 0 saturated carbocycles. The molecule has 0 saturated heterocycles. The molecule has 0 atom stereocenters. The van der Waals surface area contributed by atoms with Crippen LogP contribution in [0.15, 0.2) is 42.5 Å². The van der Waals surface area contributed by atoms with E-state index < -0.39 is 5.41 Å². The molecule has 2 aromatic carbocycles. The van der Waals surface area contributed by atoms with Crippen molar-refractivity contribution >= 4 is 46.1 Å². The molecule has 0 aliphatic carbocycles. The van der Waals surface area contributed by atoms with E-state index in [1.54, 1.807) is 24.3 Å². The number of carbonyl (C=O) groups is 1. The maximum absolute atomic E-state index is 12.9. The third-order valence-electron chi connectivity index (χ3n) is 4.28. The van der Waals surface area contributed by atoms with E-state index in [9.17, 15) is 9.18 Å². The first-order chi connectivity index (χ1) is 11.7. The molecule has 0 fully saturated rings. The molecule has 0 radical (unpaired) electrons. The predicted molar refractivity (Wildman–Crippen MR) is 106 cm³/mol. The van der Waals surface area contributed by atoms with Crippen LogP contribution >= 0.6 is 35.4 Å². The number of thiocarbonyl (C=S) groups is 1. The summed E-state index contributed by atoms with van der Waals surface area (Å²) in [4.78, 5) is 13.5. The van der Waals surface area contributed by atoms with Gasteiger partial charge in [-0.1, -0.05) is 53.6 Å². The monoisotopic (exact) mass is 396 g/mol. The second-order valence-corrected chi connectivity index (χ2v) is 7.91. The molecule has 0 aliphatic heterocycles. The number of benzene rings is 2. The summed E-state index contributed by atoms with van der Waals surface area (Å²) < 4.78 is 12.9. The third-order valence-corrected chi connectivity index (χ3v) is 5.37. The quantitative estimate of drug-likeness (QED) is 0.505. The van der Waals surface area contributed by atoms with E-state index in [0.717, 1.165) is 16.0 Å². The van der Waals surface area contributed by atoms with Gasteiger partial charge < -0.3 is 0 Å². The summed E-state index contributed by atoms with van der Waals surface area (Å²) >= 11 is 17.4. The summed E-state index contributed by atoms with van der Waals surface area (Å²) in [6, 6.07) is 11.5. The maximum Gasteiger partial charge on any atom is 0.143 e. The highest BCUT2D eigenvalue weighted by molar-refractivity contribution is 7.80. The van der Waals surface area contributed by atoms with E-state index in [-0.39, 0.29) is 11.6 Å². The average molecular weight is 397 g/mol. The first-order valence-electron chi connectivity index (χ1n) is 7.95. The van der Waals surface area contributed by atoms with Crippen molar-refractivity contribution in [3.63, 3.8) is 0 Å². The average Bonchev–Trinajstić information content (AvgIpc) is 2.57. The summed E-state index contributed by atoms with van der Waals surface area (Å²) in [6.45, 7) is 3.75. The van der Waals surface area contributed by atoms with Gasteiger partial charge in [0.25, 0.3) is 0 Å². The SMILES string of the molecule is CC(C)(C(=O)CCC(=S)Cc1ccc(F)cc1)c1ccc(Cl)c(Cl)c1. The van der Waals surface area contributed by atoms with Crippen LogP contribution < -0.4 is 0 Å². The summed E-state index contributed by atoms with van der Waals surface area (Å²) in [5.74, 6) is -0.180. The van der Waals surface area contributed by atoms with Gasteiger partial charge in [-0.2, -0.15) is 0 Å². The van der Waals surface area contributed by atoms with Crippen molar-refractivity contribution in [3.05, 3.63) is 69.5 Å². The largest absolute Gasteiger partial charge is 0.299 e. The molecule has 2 aromatic rings. The zero-order chi connectivity index (χ0) is 18.6. The van der Waals surface area contributed by atoms with Crippen molar-refractivity contribution in [1.29, 1.82) is 0 Å². The van der Waals surface area contributed by atoms with Crippen molar-refractivity contribution in [2.24, 2.45) is 0 Å². The van der Waals surface area contributed by atoms with Gasteiger partial charge in [-0.05, 0) is 60.5 Å². The molecule has 2 rings (SSSR count). The number of ketones is 1. The molecule has 0 spiro atoms. The van der Waals surface area contributed by atoms with E-state index in [1.165, 1.54) is 12.1 Å². The lowest BCUT2D eigenvalue weighted by molar-refractivity contribution is -0.123. The minimum atomic E-state index is -0.667. The Bertz CT molecular complexity index is 785. The van der Waals surface area contributed by atoms with E-state index in [2.05, 4.69) is 0 Å². The number of hydrogen-bond donors (Lipinski definition) is 0. The maximum atomic E-state index is 12.9. The zero-order valence-corrected chi connectivity index (χ0v) is 16.4. The van der Waals surface area contributed by atoms with Gasteiger partial charge in [0.05, 0.1) is 10.0 Å². The molecule has 0 unspecified atom stereocenters. The Labute approximate surface area is 163 Å². The lowest BCUT2D eigenvalue weighted by Gasteiger charge is -2.24. The fourth-order valence-corrected chi connectivity index (χ4v) is 3.10. The van der Waals surface area contributed by atoms with Crippen molar-refractivity contribution in [1.82, 2.24) is 0 Å². The van der Waals surface area contributed by atoms with Crippen LogP contribution in [0.2, 0.25) is 10.0 Å². The molecule has 0 aliphatic rings. The van der Waals surface area contributed by atoms with Crippen molar-refractivity contribution in [2.75, 3.05) is 0 Å². The Morgan fingerprint density at radius 2 is 1.68 bits per heavy atom. The number of halogens is 3. The normalized spacial score (nSPS) is 11.4. The van der Waals surface area contributed by atoms with Crippen LogP contribution in [0.1, 0.15) is 37.8 Å². The van der Waals surface area contributed by atoms with E-state index in [1.807, 2.05) is 19.9 Å². The van der Waals surface area contributed by atoms with Gasteiger partial charge in [0, 0.05) is 18.3 Å². The zero-order valence-electron chi connectivity index (χ0n) is 14.1. The second-order valence-electron chi connectivity index (χ2n) is 6.52. The smallest absolute Gasteiger partial charge is 0.143 e. The van der Waals surface area contributed by atoms with Gasteiger partial charge in [-0.25, -0.2) is 4.39 Å². The summed E-state index contributed by atoms with van der Waals surface area (Å²) in [5.41, 5.74) is 1.11. The molecule has 25 heavy (non-hydrogen) atoms. The number of Topliss-reactive ketones (excluding diaryl/α,β-unsaturated/α-hetero) is 1. The van der Waals surface area contributed by atoms with Crippen molar-refractivity contribution < 1.29 is 9.18 Å². The van der Waals surface area contributed by atoms with Crippen LogP contribution in [0.4, 0.5) is 4.39 Å². The van der Waals surface area contributed by atoms with E-state index in [4.69, 9.17) is 35.4 Å². The number of hydrogen-bond acceptors (Lipinski definition) is 2. The molecule has 0 N–H and O–H groups in total. The van der Waals surface area contributed by atoms with Crippen LogP contribution in [0.3, 0.4) is 0 Å². The Hall–Kier alpha value is -1.29. The molecular weight excluding hydrogens is 378 g/mol. The predicted octanol–water partition coefficient (Wildman–Crippen LogP) is 6.37. The van der Waals surface area contributed by atoms with E-state index >= 15 is 0 Å². The minimum Gasteiger partial charge on any atom is -0.299 e. The van der Waals surface area contributed by atoms with Crippen molar-refractivity contribution in [3.8, 4) is 0 Å². The summed E-state index contributed by atoms with van der Waals surface area (Å²) in [5, 5.41) is 0.904. The Morgan fingerprint density at radius 3 is 2.28 bits per heavy atom. The van der Waals surface area contributed by atoms with Gasteiger partial charge in [-0.15, -0.1) is 0 Å². The Kier molecular flexibility index (Phi) is 6.72. The molecule has 132 valence electrons. The van der Waals surface area contributed by atoms with Gasteiger partial charge in [0.2, 0.25) is 0 Å². The molecule has 0 amide bonds. The molecular formula is C20H19Cl2FOS. The van der Waals surface area contributed by atoms with Gasteiger partial charge >= 0.3 is 0 Å². The summed E-state index contributed by atoms with van der Waals surface area (Å²) in [7, 11) is 0. The Balaban J connectivity index is 1.96. The molecule has 0 aromatic heterocycles. The van der Waals surface area contributed by atoms with Gasteiger partial charge in [-0.3, -0.25) is 4.79 Å². The highest BCUT2D eigenvalue weighted by atomic mass is 35.5. The third kappa shape index (κ3) is 5.34. The lowest BCUT2D eigenvalue weighted by Crippen LogP contribution is -2.29. The van der Waals surface area contributed by atoms with Crippen LogP contribution in [0.5, 0.6) is 0 Å².